The van der Waals surface area contributed by atoms with Crippen molar-refractivity contribution in [3.63, 3.8) is 0 Å². The third kappa shape index (κ3) is 8.04. The third-order valence-corrected chi connectivity index (χ3v) is 8.73. The molecule has 3 fully saturated rings. The van der Waals surface area contributed by atoms with E-state index in [0.29, 0.717) is 31.5 Å². The van der Waals surface area contributed by atoms with Gasteiger partial charge in [0.05, 0.1) is 6.10 Å². The quantitative estimate of drug-likeness (QED) is 0.407. The minimum atomic E-state index is -0.776. The maximum absolute atomic E-state index is 13.0. The fourth-order valence-corrected chi connectivity index (χ4v) is 6.60. The first kappa shape index (κ1) is 30.8. The molecule has 10 nitrogen and oxygen atoms in total. The number of aliphatic hydroxyl groups excluding tert-OH is 1. The standard InChI is InChI=1S/C33H44N4O6/c1-33(2,3)43-31(40)35-25-17-26-10-11-27(18-25)37(26)30-12-9-24(20-34-30)29(39)19-28(38)23-13-15-36(16-14-23)32(41)42-21-22-7-5-4-6-8-22/h4-9,12,20,23,25-28,38H,10-11,13-19,21H2,1-3H3,(H,35,40). The summed E-state index contributed by atoms with van der Waals surface area (Å²) < 4.78 is 10.9. The molecule has 2 amide bonds. The molecule has 5 rings (SSSR count). The predicted octanol–water partition coefficient (Wildman–Crippen LogP) is 5.09. The van der Waals surface area contributed by atoms with Gasteiger partial charge in [-0.3, -0.25) is 4.79 Å². The monoisotopic (exact) mass is 592 g/mol. The fourth-order valence-electron chi connectivity index (χ4n) is 6.60. The number of carbonyl (C=O) groups is 3. The lowest BCUT2D eigenvalue weighted by Gasteiger charge is -2.40. The van der Waals surface area contributed by atoms with Gasteiger partial charge in [0.25, 0.3) is 0 Å². The molecule has 3 atom stereocenters. The van der Waals surface area contributed by atoms with Crippen molar-refractivity contribution in [3.8, 4) is 0 Å². The number of fused-ring (bicyclic) bond motifs is 2. The maximum Gasteiger partial charge on any atom is 0.410 e. The van der Waals surface area contributed by atoms with E-state index in [4.69, 9.17) is 9.47 Å². The lowest BCUT2D eigenvalue weighted by Crippen LogP contribution is -2.51. The minimum Gasteiger partial charge on any atom is -0.445 e. The van der Waals surface area contributed by atoms with Crippen LogP contribution in [0.2, 0.25) is 0 Å². The highest BCUT2D eigenvalue weighted by Crippen LogP contribution is 2.38. The molecule has 0 spiro atoms. The number of piperidine rings is 2. The summed E-state index contributed by atoms with van der Waals surface area (Å²) in [6.45, 7) is 6.79. The Morgan fingerprint density at radius 1 is 1.00 bits per heavy atom. The van der Waals surface area contributed by atoms with Crippen molar-refractivity contribution < 1.29 is 29.0 Å². The van der Waals surface area contributed by atoms with Gasteiger partial charge in [-0.05, 0) is 82.9 Å². The second-order valence-corrected chi connectivity index (χ2v) is 13.1. The number of amides is 2. The highest BCUT2D eigenvalue weighted by Gasteiger charge is 2.42. The Morgan fingerprint density at radius 3 is 2.28 bits per heavy atom. The van der Waals surface area contributed by atoms with Crippen LogP contribution < -0.4 is 10.2 Å². The van der Waals surface area contributed by atoms with Crippen molar-refractivity contribution in [3.05, 3.63) is 59.8 Å². The molecule has 3 unspecified atom stereocenters. The number of aromatic nitrogens is 1. The Balaban J connectivity index is 1.07. The van der Waals surface area contributed by atoms with Gasteiger partial charge in [-0.2, -0.15) is 0 Å². The van der Waals surface area contributed by atoms with E-state index in [1.165, 1.54) is 0 Å². The zero-order chi connectivity index (χ0) is 30.6. The molecule has 10 heteroatoms. The molecule has 0 saturated carbocycles. The zero-order valence-electron chi connectivity index (χ0n) is 25.4. The number of benzene rings is 1. The largest absolute Gasteiger partial charge is 0.445 e. The number of Topliss-reactive ketones (excluding diaryl/α,β-unsaturated/α-hetero) is 1. The van der Waals surface area contributed by atoms with Crippen molar-refractivity contribution in [2.45, 2.75) is 102 Å². The average molecular weight is 593 g/mol. The van der Waals surface area contributed by atoms with Gasteiger partial charge < -0.3 is 29.7 Å². The SMILES string of the molecule is CC(C)(C)OC(=O)NC1CC2CCC(C1)N2c1ccc(C(=O)CC(O)C2CCN(C(=O)OCc3ccccc3)CC2)cn1. The Labute approximate surface area is 253 Å². The van der Waals surface area contributed by atoms with Crippen LogP contribution in [0, 0.1) is 5.92 Å². The number of hydrogen-bond acceptors (Lipinski definition) is 8. The number of nitrogens with one attached hydrogen (secondary N) is 1. The van der Waals surface area contributed by atoms with E-state index < -0.39 is 11.7 Å². The number of pyridine rings is 1. The van der Waals surface area contributed by atoms with E-state index in [1.807, 2.05) is 57.2 Å². The topological polar surface area (TPSA) is 121 Å². The van der Waals surface area contributed by atoms with Gasteiger partial charge in [0.1, 0.15) is 18.0 Å². The van der Waals surface area contributed by atoms with Crippen LogP contribution in [-0.4, -0.2) is 75.9 Å². The fraction of sp³-hybridized carbons (Fsp3) is 0.576. The van der Waals surface area contributed by atoms with Crippen molar-refractivity contribution in [2.75, 3.05) is 18.0 Å². The Kier molecular flexibility index (Phi) is 9.54. The molecule has 2 bridgehead atoms. The summed E-state index contributed by atoms with van der Waals surface area (Å²) in [6, 6.07) is 13.9. The first-order valence-electron chi connectivity index (χ1n) is 15.5. The molecule has 2 N–H and O–H groups in total. The van der Waals surface area contributed by atoms with Crippen molar-refractivity contribution in [1.82, 2.24) is 15.2 Å². The average Bonchev–Trinajstić information content (AvgIpc) is 3.25. The molecule has 3 saturated heterocycles. The van der Waals surface area contributed by atoms with E-state index in [-0.39, 0.29) is 55.0 Å². The van der Waals surface area contributed by atoms with E-state index in [1.54, 1.807) is 17.2 Å². The van der Waals surface area contributed by atoms with Gasteiger partial charge in [-0.1, -0.05) is 30.3 Å². The summed E-state index contributed by atoms with van der Waals surface area (Å²) in [5, 5.41) is 13.9. The number of alkyl carbamates (subject to hydrolysis) is 1. The molecule has 43 heavy (non-hydrogen) atoms. The van der Waals surface area contributed by atoms with Gasteiger partial charge in [0.2, 0.25) is 0 Å². The van der Waals surface area contributed by atoms with Crippen LogP contribution in [-0.2, 0) is 16.1 Å². The van der Waals surface area contributed by atoms with Crippen LogP contribution in [0.1, 0.15) is 81.6 Å². The van der Waals surface area contributed by atoms with Crippen LogP contribution >= 0.6 is 0 Å². The minimum absolute atomic E-state index is 0.0249. The number of nitrogens with zero attached hydrogens (tertiary/aromatic N) is 3. The van der Waals surface area contributed by atoms with Crippen LogP contribution in [0.5, 0.6) is 0 Å². The number of carbonyl (C=O) groups excluding carboxylic acids is 3. The van der Waals surface area contributed by atoms with Gasteiger partial charge >= 0.3 is 12.2 Å². The molecule has 3 aliphatic heterocycles. The predicted molar refractivity (Wildman–Crippen MR) is 162 cm³/mol. The lowest BCUT2D eigenvalue weighted by molar-refractivity contribution is 0.0399. The summed E-state index contributed by atoms with van der Waals surface area (Å²) in [4.78, 5) is 46.4. The molecule has 0 aliphatic carbocycles. The van der Waals surface area contributed by atoms with E-state index in [2.05, 4.69) is 15.2 Å². The normalized spacial score (nSPS) is 23.0. The summed E-state index contributed by atoms with van der Waals surface area (Å²) in [6.07, 6.45) is 5.10. The molecule has 4 heterocycles. The second-order valence-electron chi connectivity index (χ2n) is 13.1. The van der Waals surface area contributed by atoms with Crippen LogP contribution in [0.3, 0.4) is 0 Å². The smallest absolute Gasteiger partial charge is 0.410 e. The van der Waals surface area contributed by atoms with E-state index >= 15 is 0 Å². The second kappa shape index (κ2) is 13.3. The van der Waals surface area contributed by atoms with Crippen molar-refractivity contribution >= 4 is 23.8 Å². The number of aliphatic hydroxyl groups is 1. The van der Waals surface area contributed by atoms with Crippen LogP contribution in [0.15, 0.2) is 48.7 Å². The molecule has 232 valence electrons. The molecule has 1 aromatic heterocycles. The summed E-state index contributed by atoms with van der Waals surface area (Å²) in [5.41, 5.74) is 0.893. The van der Waals surface area contributed by atoms with Gasteiger partial charge in [0.15, 0.2) is 5.78 Å². The molecule has 2 aromatic rings. The van der Waals surface area contributed by atoms with E-state index in [0.717, 1.165) is 37.1 Å². The highest BCUT2D eigenvalue weighted by atomic mass is 16.6. The summed E-state index contributed by atoms with van der Waals surface area (Å²) in [7, 11) is 0. The first-order chi connectivity index (χ1) is 20.6. The Bertz CT molecular complexity index is 1240. The molecule has 3 aliphatic rings. The highest BCUT2D eigenvalue weighted by molar-refractivity contribution is 5.96. The number of ketones is 1. The first-order valence-corrected chi connectivity index (χ1v) is 15.5. The lowest BCUT2D eigenvalue weighted by atomic mass is 9.88. The molecule has 0 radical (unpaired) electrons. The van der Waals surface area contributed by atoms with E-state index in [9.17, 15) is 19.5 Å². The van der Waals surface area contributed by atoms with Gasteiger partial charge in [-0.25, -0.2) is 14.6 Å². The summed E-state index contributed by atoms with van der Waals surface area (Å²) in [5.74, 6) is 0.645. The third-order valence-electron chi connectivity index (χ3n) is 8.73. The number of rotatable bonds is 8. The number of ether oxygens (including phenoxy) is 2. The van der Waals surface area contributed by atoms with Gasteiger partial charge in [-0.15, -0.1) is 0 Å². The van der Waals surface area contributed by atoms with Crippen molar-refractivity contribution in [2.24, 2.45) is 5.92 Å². The molecular formula is C33H44N4O6. The summed E-state index contributed by atoms with van der Waals surface area (Å²) >= 11 is 0. The number of hydrogen-bond donors (Lipinski definition) is 2. The Morgan fingerprint density at radius 2 is 1.67 bits per heavy atom. The van der Waals surface area contributed by atoms with Crippen LogP contribution in [0.4, 0.5) is 15.4 Å². The Hall–Kier alpha value is -3.66. The van der Waals surface area contributed by atoms with Crippen LogP contribution in [0.25, 0.3) is 0 Å². The molecular weight excluding hydrogens is 548 g/mol. The van der Waals surface area contributed by atoms with Gasteiger partial charge in [0, 0.05) is 49.4 Å². The number of likely N-dealkylation sites (tertiary alicyclic amines) is 1. The maximum atomic E-state index is 13.0. The number of anilines is 1. The molecule has 1 aromatic carbocycles. The van der Waals surface area contributed by atoms with Crippen molar-refractivity contribution in [1.29, 1.82) is 0 Å². The zero-order valence-corrected chi connectivity index (χ0v) is 25.4.